The van der Waals surface area contributed by atoms with Crippen molar-refractivity contribution in [2.24, 2.45) is 10.8 Å². The fraction of sp³-hybridized carbons (Fsp3) is 0.818. The number of carbonyl (C=O) groups excluding carboxylic acids is 2. The molecular weight excluding hydrogens is 405 g/mol. The Labute approximate surface area is 113 Å². The molecule has 0 N–H and O–H groups in total. The van der Waals surface area contributed by atoms with Gasteiger partial charge in [0.25, 0.3) is 0 Å². The molecule has 0 aliphatic rings. The van der Waals surface area contributed by atoms with Crippen LogP contribution in [0.1, 0.15) is 41.5 Å². The van der Waals surface area contributed by atoms with Gasteiger partial charge in [-0.25, -0.2) is 0 Å². The van der Waals surface area contributed by atoms with Crippen molar-refractivity contribution >= 4 is 36.7 Å². The van der Waals surface area contributed by atoms with Crippen molar-refractivity contribution in [1.82, 2.24) is 0 Å². The Hall–Kier alpha value is -0.177. The summed E-state index contributed by atoms with van der Waals surface area (Å²) in [6, 6.07) is 0. The van der Waals surface area contributed by atoms with E-state index in [1.165, 1.54) is 24.7 Å². The molecule has 0 heterocycles. The maximum absolute atomic E-state index is 9.91. The third-order valence-electron chi connectivity index (χ3n) is 1.22. The molecule has 16 heavy (non-hydrogen) atoms. The van der Waals surface area contributed by atoms with Crippen LogP contribution in [-0.2, 0) is 9.59 Å². The molecule has 0 aromatic heterocycles. The van der Waals surface area contributed by atoms with Crippen LogP contribution in [0.5, 0.6) is 0 Å². The first-order chi connectivity index (χ1) is 6.89. The molecule has 0 saturated heterocycles. The van der Waals surface area contributed by atoms with Crippen LogP contribution in [0.4, 0.5) is 0 Å². The number of aliphatic carboxylic acids is 2. The maximum atomic E-state index is 9.91. The van der Waals surface area contributed by atoms with E-state index >= 15 is 0 Å². The molecule has 0 saturated carbocycles. The van der Waals surface area contributed by atoms with Crippen LogP contribution in [0.3, 0.4) is 0 Å². The average molecular weight is 426 g/mol. The Morgan fingerprint density at radius 2 is 0.812 bits per heavy atom. The summed E-state index contributed by atoms with van der Waals surface area (Å²) in [6.45, 7) is 9.60. The Morgan fingerprint density at radius 1 is 0.750 bits per heavy atom. The fourth-order valence-corrected chi connectivity index (χ4v) is 0. The summed E-state index contributed by atoms with van der Waals surface area (Å²) < 4.78 is 2.11. The summed E-state index contributed by atoms with van der Waals surface area (Å²) in [5.41, 5.74) is -1.39. The van der Waals surface area contributed by atoms with E-state index in [9.17, 15) is 19.8 Å². The van der Waals surface area contributed by atoms with E-state index in [0.29, 0.717) is 0 Å². The van der Waals surface area contributed by atoms with E-state index < -0.39 is 22.8 Å². The molecule has 0 rings (SSSR count). The zero-order chi connectivity index (χ0) is 14.2. The molecule has 94 valence electrons. The average Bonchev–Trinajstić information content (AvgIpc) is 2.05. The molecule has 0 spiro atoms. The summed E-state index contributed by atoms with van der Waals surface area (Å²) in [5.74, 6) is -2.01. The van der Waals surface area contributed by atoms with Gasteiger partial charge in [-0.2, -0.15) is 0 Å². The van der Waals surface area contributed by atoms with E-state index in [2.05, 4.69) is 4.63 Å². The first kappa shape index (κ1) is 21.1. The van der Waals surface area contributed by atoms with E-state index in [0.717, 1.165) is 0 Å². The zero-order valence-electron chi connectivity index (χ0n) is 11.1. The number of carbonyl (C=O) groups is 2. The molecule has 0 bridgehead atoms. The monoisotopic (exact) mass is 426 g/mol. The molecule has 4 nitrogen and oxygen atoms in total. The predicted molar refractivity (Wildman–Crippen MR) is 60.5 cm³/mol. The van der Waals surface area contributed by atoms with Gasteiger partial charge in [0, 0.05) is 22.8 Å². The van der Waals surface area contributed by atoms with E-state index in [4.69, 9.17) is 0 Å². The Balaban J connectivity index is -0.000000183. The predicted octanol–water partition coefficient (Wildman–Crippen LogP) is -0.232. The van der Waals surface area contributed by atoms with Crippen molar-refractivity contribution in [3.63, 3.8) is 0 Å². The first-order valence-electron chi connectivity index (χ1n) is 4.76. The Morgan fingerprint density at radius 3 is 0.812 bits per heavy atom. The third-order valence-corrected chi connectivity index (χ3v) is 1.22. The van der Waals surface area contributed by atoms with E-state index in [1.807, 2.05) is 0 Å². The topological polar surface area (TPSA) is 80.3 Å². The summed E-state index contributed by atoms with van der Waals surface area (Å²) in [4.78, 5) is 19.8. The number of hydrogen-bond donors (Lipinski definition) is 0. The van der Waals surface area contributed by atoms with Crippen LogP contribution in [0.25, 0.3) is 0 Å². The normalized spacial score (nSPS) is 10.2. The summed E-state index contributed by atoms with van der Waals surface area (Å²) in [6.07, 6.45) is 0. The minimum absolute atomic E-state index is 0.694. The SMILES string of the molecule is CC(C)(C)C(=O)[O-].CC(C)(C)C(=O)[O-].[CH3][Bi+2]. The van der Waals surface area contributed by atoms with Gasteiger partial charge in [-0.3, -0.25) is 0 Å². The summed E-state index contributed by atoms with van der Waals surface area (Å²) >= 11 is 1.44. The summed E-state index contributed by atoms with van der Waals surface area (Å²) in [7, 11) is 0. The number of rotatable bonds is 0. The Bertz CT molecular complexity index is 187. The molecule has 0 aromatic rings. The molecule has 0 unspecified atom stereocenters. The van der Waals surface area contributed by atoms with Gasteiger partial charge in [0.1, 0.15) is 0 Å². The second-order valence-electron chi connectivity index (χ2n) is 5.07. The van der Waals surface area contributed by atoms with E-state index in [1.54, 1.807) is 41.5 Å². The van der Waals surface area contributed by atoms with Gasteiger partial charge in [-0.1, -0.05) is 41.5 Å². The van der Waals surface area contributed by atoms with E-state index in [-0.39, 0.29) is 0 Å². The quantitative estimate of drug-likeness (QED) is 0.502. The van der Waals surface area contributed by atoms with Gasteiger partial charge in [-0.15, -0.1) is 0 Å². The minimum atomic E-state index is -1.01. The zero-order valence-corrected chi connectivity index (χ0v) is 14.6. The standard InChI is InChI=1S/2C5H10O2.CH3.Bi/c2*1-5(2,3)4(6)7;;/h2*1-3H3,(H,6,7);1H3;/q;;;+2/p-2. The van der Waals surface area contributed by atoms with Crippen molar-refractivity contribution < 1.29 is 19.8 Å². The number of carboxylic acids is 2. The van der Waals surface area contributed by atoms with Crippen LogP contribution < -0.4 is 10.2 Å². The molecule has 0 amide bonds. The first-order valence-corrected chi connectivity index (χ1v) is 8.24. The van der Waals surface area contributed by atoms with Gasteiger partial charge in [0.2, 0.25) is 0 Å². The van der Waals surface area contributed by atoms with Crippen LogP contribution in [0, 0.1) is 10.8 Å². The Kier molecular flexibility index (Phi) is 11.8. The van der Waals surface area contributed by atoms with Crippen molar-refractivity contribution in [2.75, 3.05) is 0 Å². The molecule has 0 aliphatic carbocycles. The van der Waals surface area contributed by atoms with Crippen LogP contribution in [0.15, 0.2) is 0 Å². The van der Waals surface area contributed by atoms with Crippen LogP contribution in [0.2, 0.25) is 4.63 Å². The molecular formula is C11H21BiO4. The molecule has 2 radical (unpaired) electrons. The van der Waals surface area contributed by atoms with Crippen molar-refractivity contribution in [1.29, 1.82) is 0 Å². The molecule has 0 atom stereocenters. The molecule has 5 heteroatoms. The van der Waals surface area contributed by atoms with Crippen molar-refractivity contribution in [3.05, 3.63) is 0 Å². The van der Waals surface area contributed by atoms with Gasteiger partial charge in [0.15, 0.2) is 0 Å². The van der Waals surface area contributed by atoms with Crippen LogP contribution in [-0.4, -0.2) is 36.7 Å². The molecule has 0 fully saturated rings. The van der Waals surface area contributed by atoms with Gasteiger partial charge >= 0.3 is 29.4 Å². The van der Waals surface area contributed by atoms with Crippen LogP contribution >= 0.6 is 0 Å². The summed E-state index contributed by atoms with van der Waals surface area (Å²) in [5, 5.41) is 19.8. The fourth-order valence-electron chi connectivity index (χ4n) is 0. The second kappa shape index (κ2) is 8.92. The van der Waals surface area contributed by atoms with Crippen molar-refractivity contribution in [2.45, 2.75) is 46.2 Å². The van der Waals surface area contributed by atoms with Gasteiger partial charge < -0.3 is 19.8 Å². The number of hydrogen-bond acceptors (Lipinski definition) is 4. The third kappa shape index (κ3) is 16.3. The van der Waals surface area contributed by atoms with Crippen molar-refractivity contribution in [3.8, 4) is 0 Å². The molecule has 0 aliphatic heterocycles. The number of carboxylic acid groups (broad SMARTS) is 2. The van der Waals surface area contributed by atoms with Gasteiger partial charge in [-0.05, 0) is 0 Å². The second-order valence-corrected chi connectivity index (χ2v) is 5.07. The molecule has 0 aromatic carbocycles. The van der Waals surface area contributed by atoms with Gasteiger partial charge in [0.05, 0.1) is 0 Å².